The number of likely N-dealkylation sites (tertiary alicyclic amines) is 1. The molecule has 0 radical (unpaired) electrons. The molecular weight excluding hydrogens is 284 g/mol. The molecule has 1 saturated heterocycles. The first-order chi connectivity index (χ1) is 10.7. The molecule has 1 atom stereocenters. The lowest BCUT2D eigenvalue weighted by Crippen LogP contribution is -2.57. The molecule has 1 aromatic carbocycles. The van der Waals surface area contributed by atoms with Gasteiger partial charge in [0.15, 0.2) is 11.5 Å². The van der Waals surface area contributed by atoms with Gasteiger partial charge in [-0.05, 0) is 19.1 Å². The summed E-state index contributed by atoms with van der Waals surface area (Å²) in [5, 5.41) is 4.00. The lowest BCUT2D eigenvalue weighted by molar-refractivity contribution is -0.143. The van der Waals surface area contributed by atoms with Crippen LogP contribution in [-0.2, 0) is 4.79 Å². The number of carbonyl (C=O) groups excluding carboxylic acids is 1. The predicted molar refractivity (Wildman–Crippen MR) is 78.7 cm³/mol. The number of aromatic nitrogens is 3. The second-order valence-corrected chi connectivity index (χ2v) is 5.19. The third-order valence-electron chi connectivity index (χ3n) is 3.71. The average Bonchev–Trinajstić information content (AvgIpc) is 3.03. The number of amides is 1. The molecule has 3 rings (SSSR count). The van der Waals surface area contributed by atoms with Crippen molar-refractivity contribution in [2.24, 2.45) is 0 Å². The highest BCUT2D eigenvalue weighted by molar-refractivity contribution is 5.80. The number of para-hydroxylation sites is 2. The van der Waals surface area contributed by atoms with Crippen LogP contribution in [0.25, 0.3) is 0 Å². The Labute approximate surface area is 128 Å². The third-order valence-corrected chi connectivity index (χ3v) is 3.71. The van der Waals surface area contributed by atoms with Gasteiger partial charge in [0.25, 0.3) is 0 Å². The van der Waals surface area contributed by atoms with Crippen LogP contribution in [0.5, 0.6) is 11.5 Å². The normalized spacial score (nSPS) is 16.0. The summed E-state index contributed by atoms with van der Waals surface area (Å²) >= 11 is 0. The van der Waals surface area contributed by atoms with Gasteiger partial charge in [0.1, 0.15) is 24.8 Å². The van der Waals surface area contributed by atoms with Crippen molar-refractivity contribution in [3.8, 4) is 11.5 Å². The Morgan fingerprint density at radius 1 is 1.32 bits per heavy atom. The maximum Gasteiger partial charge on any atom is 0.247 e. The smallest absolute Gasteiger partial charge is 0.247 e. The molecule has 0 unspecified atom stereocenters. The topological polar surface area (TPSA) is 69.5 Å². The van der Waals surface area contributed by atoms with Gasteiger partial charge < -0.3 is 14.4 Å². The molecular formula is C15H18N4O3. The molecule has 1 aliphatic heterocycles. The van der Waals surface area contributed by atoms with E-state index in [1.807, 2.05) is 31.2 Å². The number of methoxy groups -OCH3 is 1. The minimum atomic E-state index is -0.352. The molecule has 1 aromatic heterocycles. The van der Waals surface area contributed by atoms with Gasteiger partial charge in [-0.1, -0.05) is 12.1 Å². The van der Waals surface area contributed by atoms with E-state index in [2.05, 4.69) is 10.1 Å². The number of rotatable bonds is 5. The fraction of sp³-hybridized carbons (Fsp3) is 0.400. The molecule has 116 valence electrons. The molecule has 0 aliphatic carbocycles. The second kappa shape index (κ2) is 6.05. The van der Waals surface area contributed by atoms with Crippen molar-refractivity contribution in [3.63, 3.8) is 0 Å². The summed E-state index contributed by atoms with van der Waals surface area (Å²) < 4.78 is 12.7. The zero-order valence-corrected chi connectivity index (χ0v) is 12.5. The van der Waals surface area contributed by atoms with Crippen molar-refractivity contribution in [1.29, 1.82) is 0 Å². The van der Waals surface area contributed by atoms with Crippen LogP contribution >= 0.6 is 0 Å². The van der Waals surface area contributed by atoms with Crippen LogP contribution in [0.15, 0.2) is 36.9 Å². The van der Waals surface area contributed by atoms with E-state index in [9.17, 15) is 4.79 Å². The molecule has 0 N–H and O–H groups in total. The third kappa shape index (κ3) is 2.74. The van der Waals surface area contributed by atoms with E-state index in [1.54, 1.807) is 23.0 Å². The zero-order valence-electron chi connectivity index (χ0n) is 12.5. The minimum absolute atomic E-state index is 0.0109. The number of benzene rings is 1. The van der Waals surface area contributed by atoms with Gasteiger partial charge >= 0.3 is 0 Å². The van der Waals surface area contributed by atoms with Gasteiger partial charge in [-0.25, -0.2) is 9.67 Å². The first kappa shape index (κ1) is 14.4. The van der Waals surface area contributed by atoms with Crippen LogP contribution < -0.4 is 9.47 Å². The second-order valence-electron chi connectivity index (χ2n) is 5.19. The van der Waals surface area contributed by atoms with Crippen LogP contribution in [0, 0.1) is 0 Å². The van der Waals surface area contributed by atoms with Gasteiger partial charge in [-0.3, -0.25) is 4.79 Å². The van der Waals surface area contributed by atoms with Gasteiger partial charge in [-0.2, -0.15) is 5.10 Å². The van der Waals surface area contributed by atoms with Crippen LogP contribution in [0.4, 0.5) is 0 Å². The van der Waals surface area contributed by atoms with Crippen molar-refractivity contribution in [2.45, 2.75) is 19.1 Å². The first-order valence-electron chi connectivity index (χ1n) is 7.11. The van der Waals surface area contributed by atoms with Crippen molar-refractivity contribution in [2.75, 3.05) is 20.2 Å². The fourth-order valence-corrected chi connectivity index (χ4v) is 2.38. The summed E-state index contributed by atoms with van der Waals surface area (Å²) in [6.45, 7) is 2.94. The van der Waals surface area contributed by atoms with Crippen LogP contribution in [0.1, 0.15) is 13.0 Å². The fourth-order valence-electron chi connectivity index (χ4n) is 2.38. The highest BCUT2D eigenvalue weighted by atomic mass is 16.5. The monoisotopic (exact) mass is 302 g/mol. The molecule has 0 spiro atoms. The summed E-state index contributed by atoms with van der Waals surface area (Å²) in [6, 6.07) is 7.15. The maximum atomic E-state index is 12.3. The van der Waals surface area contributed by atoms with E-state index < -0.39 is 0 Å². The number of carbonyl (C=O) groups is 1. The molecule has 2 aromatic rings. The SMILES string of the molecule is COc1ccccc1OC1CN(C(=O)[C@H](C)n2cncn2)C1. The lowest BCUT2D eigenvalue weighted by atomic mass is 10.1. The number of hydrogen-bond donors (Lipinski definition) is 0. The average molecular weight is 302 g/mol. The van der Waals surface area contributed by atoms with E-state index in [1.165, 1.54) is 6.33 Å². The van der Waals surface area contributed by atoms with Gasteiger partial charge in [0.05, 0.1) is 20.2 Å². The summed E-state index contributed by atoms with van der Waals surface area (Å²) in [5.41, 5.74) is 0. The molecule has 22 heavy (non-hydrogen) atoms. The van der Waals surface area contributed by atoms with Gasteiger partial charge in [-0.15, -0.1) is 0 Å². The molecule has 1 fully saturated rings. The highest BCUT2D eigenvalue weighted by Crippen LogP contribution is 2.29. The van der Waals surface area contributed by atoms with Crippen LogP contribution in [0.2, 0.25) is 0 Å². The molecule has 1 amide bonds. The van der Waals surface area contributed by atoms with Crippen molar-refractivity contribution in [1.82, 2.24) is 19.7 Å². The zero-order chi connectivity index (χ0) is 15.5. The first-order valence-corrected chi connectivity index (χ1v) is 7.11. The van der Waals surface area contributed by atoms with E-state index in [4.69, 9.17) is 9.47 Å². The van der Waals surface area contributed by atoms with E-state index >= 15 is 0 Å². The Morgan fingerprint density at radius 2 is 2.05 bits per heavy atom. The Kier molecular flexibility index (Phi) is 3.95. The number of ether oxygens (including phenoxy) is 2. The molecule has 1 aliphatic rings. The Balaban J connectivity index is 1.55. The summed E-state index contributed by atoms with van der Waals surface area (Å²) in [7, 11) is 1.61. The minimum Gasteiger partial charge on any atom is -0.493 e. The number of hydrogen-bond acceptors (Lipinski definition) is 5. The Bertz CT molecular complexity index is 638. The van der Waals surface area contributed by atoms with Crippen molar-refractivity contribution >= 4 is 5.91 Å². The van der Waals surface area contributed by atoms with Crippen molar-refractivity contribution in [3.05, 3.63) is 36.9 Å². The highest BCUT2D eigenvalue weighted by Gasteiger charge is 2.35. The Morgan fingerprint density at radius 3 is 2.68 bits per heavy atom. The van der Waals surface area contributed by atoms with Gasteiger partial charge in [0.2, 0.25) is 5.91 Å². The van der Waals surface area contributed by atoms with Gasteiger partial charge in [0, 0.05) is 0 Å². The maximum absolute atomic E-state index is 12.3. The molecule has 2 heterocycles. The van der Waals surface area contributed by atoms with E-state index in [0.29, 0.717) is 24.6 Å². The molecule has 0 bridgehead atoms. The molecule has 7 heteroatoms. The van der Waals surface area contributed by atoms with Crippen LogP contribution in [-0.4, -0.2) is 51.9 Å². The Hall–Kier alpha value is -2.57. The lowest BCUT2D eigenvalue weighted by Gasteiger charge is -2.40. The summed E-state index contributed by atoms with van der Waals surface area (Å²) in [5.74, 6) is 1.42. The quantitative estimate of drug-likeness (QED) is 0.828. The summed E-state index contributed by atoms with van der Waals surface area (Å²) in [4.78, 5) is 17.9. The van der Waals surface area contributed by atoms with E-state index in [0.717, 1.165) is 0 Å². The molecule has 0 saturated carbocycles. The number of nitrogens with zero attached hydrogens (tertiary/aromatic N) is 4. The van der Waals surface area contributed by atoms with Crippen molar-refractivity contribution < 1.29 is 14.3 Å². The van der Waals surface area contributed by atoms with Crippen LogP contribution in [0.3, 0.4) is 0 Å². The largest absolute Gasteiger partial charge is 0.493 e. The molecule has 7 nitrogen and oxygen atoms in total. The predicted octanol–water partition coefficient (Wildman–Crippen LogP) is 1.14. The van der Waals surface area contributed by atoms with E-state index in [-0.39, 0.29) is 18.1 Å². The standard InChI is InChI=1S/C15H18N4O3/c1-11(19-10-16-9-17-19)15(20)18-7-12(8-18)22-14-6-4-3-5-13(14)21-2/h3-6,9-12H,7-8H2,1-2H3/t11-/m0/s1. The summed E-state index contributed by atoms with van der Waals surface area (Å²) in [6.07, 6.45) is 2.96.